The number of imidazole rings is 2. The Bertz CT molecular complexity index is 1620. The summed E-state index contributed by atoms with van der Waals surface area (Å²) in [6, 6.07) is 8.07. The highest BCUT2D eigenvalue weighted by Gasteiger charge is 2.49. The number of ether oxygens (including phenoxy) is 4. The molecule has 14 nitrogen and oxygen atoms in total. The standard InChI is InChI=1S/C24H24N6O8/c1-12-15(18-17(37-24(34)38-18)14(21(32)35-3)27-23(33)36-4)30-20(31)16-19(28(2)22(30)26-12)25-11-29(16)10-13-8-6-5-7-9-13/h5-9,11,14,17-18H,10H2,1-4H3,(H,27,33)/t14-,17+,18+/m0/s1. The Morgan fingerprint density at radius 1 is 1.13 bits per heavy atom. The Labute approximate surface area is 214 Å². The van der Waals surface area contributed by atoms with Crippen LogP contribution in [-0.4, -0.2) is 68.1 Å². The molecule has 1 N–H and O–H groups in total. The van der Waals surface area contributed by atoms with Crippen molar-refractivity contribution >= 4 is 35.2 Å². The number of methoxy groups -OCH3 is 2. The van der Waals surface area contributed by atoms with Gasteiger partial charge >= 0.3 is 18.2 Å². The Morgan fingerprint density at radius 2 is 1.87 bits per heavy atom. The molecule has 1 amide bonds. The maximum Gasteiger partial charge on any atom is 0.509 e. The largest absolute Gasteiger partial charge is 0.509 e. The van der Waals surface area contributed by atoms with Gasteiger partial charge in [0.25, 0.3) is 5.56 Å². The van der Waals surface area contributed by atoms with Crippen molar-refractivity contribution in [2.45, 2.75) is 31.7 Å². The SMILES string of the molecule is COC(=O)N[C@H](C(=O)OC)[C@H]1OC(=O)O[C@@H]1c1c(C)nc2n(C)c3ncn(Cc4ccccc4)c3c(=O)n12. The Hall–Kier alpha value is -4.88. The van der Waals surface area contributed by atoms with Crippen molar-refractivity contribution in [2.24, 2.45) is 7.05 Å². The molecular weight excluding hydrogens is 500 g/mol. The van der Waals surface area contributed by atoms with E-state index in [0.717, 1.165) is 19.8 Å². The van der Waals surface area contributed by atoms with Gasteiger partial charge in [-0.2, -0.15) is 0 Å². The lowest BCUT2D eigenvalue weighted by molar-refractivity contribution is -0.146. The van der Waals surface area contributed by atoms with Gasteiger partial charge in [0.2, 0.25) is 5.78 Å². The van der Waals surface area contributed by atoms with Crippen molar-refractivity contribution in [3.63, 3.8) is 0 Å². The second kappa shape index (κ2) is 9.53. The molecule has 0 radical (unpaired) electrons. The van der Waals surface area contributed by atoms with E-state index in [0.29, 0.717) is 23.4 Å². The highest BCUT2D eigenvalue weighted by atomic mass is 16.8. The van der Waals surface area contributed by atoms with Crippen molar-refractivity contribution in [1.29, 1.82) is 0 Å². The predicted molar refractivity (Wildman–Crippen MR) is 129 cm³/mol. The van der Waals surface area contributed by atoms with Crippen LogP contribution in [0, 0.1) is 6.92 Å². The van der Waals surface area contributed by atoms with Crippen molar-refractivity contribution in [3.8, 4) is 0 Å². The molecule has 14 heteroatoms. The molecule has 1 aliphatic rings. The van der Waals surface area contributed by atoms with Gasteiger partial charge in [-0.05, 0) is 12.5 Å². The molecule has 198 valence electrons. The first-order valence-corrected chi connectivity index (χ1v) is 11.5. The van der Waals surface area contributed by atoms with E-state index in [1.807, 2.05) is 30.3 Å². The van der Waals surface area contributed by atoms with Crippen molar-refractivity contribution in [1.82, 2.24) is 28.8 Å². The molecule has 3 aromatic heterocycles. The van der Waals surface area contributed by atoms with Crippen LogP contribution in [0.15, 0.2) is 41.5 Å². The number of hydrogen-bond acceptors (Lipinski definition) is 10. The second-order valence-corrected chi connectivity index (χ2v) is 8.62. The van der Waals surface area contributed by atoms with E-state index in [1.165, 1.54) is 4.40 Å². The summed E-state index contributed by atoms with van der Waals surface area (Å²) in [6.07, 6.45) is -3.17. The summed E-state index contributed by atoms with van der Waals surface area (Å²) in [5.41, 5.74) is 1.71. The van der Waals surface area contributed by atoms with Gasteiger partial charge < -0.3 is 28.8 Å². The zero-order valence-corrected chi connectivity index (χ0v) is 20.9. The highest BCUT2D eigenvalue weighted by Crippen LogP contribution is 2.34. The molecule has 1 fully saturated rings. The van der Waals surface area contributed by atoms with Gasteiger partial charge in [-0.25, -0.2) is 28.8 Å². The second-order valence-electron chi connectivity index (χ2n) is 8.62. The first-order chi connectivity index (χ1) is 18.2. The smallest absolute Gasteiger partial charge is 0.467 e. The fourth-order valence-corrected chi connectivity index (χ4v) is 4.64. The Morgan fingerprint density at radius 3 is 2.55 bits per heavy atom. The lowest BCUT2D eigenvalue weighted by atomic mass is 10.0. The minimum atomic E-state index is -1.50. The average molecular weight is 524 g/mol. The van der Waals surface area contributed by atoms with Crippen LogP contribution in [-0.2, 0) is 37.3 Å². The van der Waals surface area contributed by atoms with Gasteiger partial charge in [0.1, 0.15) is 0 Å². The highest BCUT2D eigenvalue weighted by molar-refractivity contribution is 5.83. The number of hydrogen-bond donors (Lipinski definition) is 1. The van der Waals surface area contributed by atoms with Crippen molar-refractivity contribution in [3.05, 3.63) is 64.0 Å². The van der Waals surface area contributed by atoms with Crippen LogP contribution in [0.5, 0.6) is 0 Å². The third-order valence-electron chi connectivity index (χ3n) is 6.38. The summed E-state index contributed by atoms with van der Waals surface area (Å²) < 4.78 is 24.8. The first-order valence-electron chi connectivity index (χ1n) is 11.5. The zero-order valence-electron chi connectivity index (χ0n) is 20.9. The molecule has 0 saturated carbocycles. The van der Waals surface area contributed by atoms with E-state index >= 15 is 0 Å². The third-order valence-corrected chi connectivity index (χ3v) is 6.38. The quantitative estimate of drug-likeness (QED) is 0.287. The molecule has 0 aliphatic carbocycles. The predicted octanol–water partition coefficient (Wildman–Crippen LogP) is 1.21. The maximum absolute atomic E-state index is 14.0. The van der Waals surface area contributed by atoms with Gasteiger partial charge in [-0.1, -0.05) is 30.3 Å². The monoisotopic (exact) mass is 524 g/mol. The third kappa shape index (κ3) is 3.99. The van der Waals surface area contributed by atoms with Gasteiger partial charge in [0.05, 0.1) is 31.9 Å². The lowest BCUT2D eigenvalue weighted by Gasteiger charge is -2.23. The minimum Gasteiger partial charge on any atom is -0.467 e. The number of alkyl carbamates (subject to hydrolysis) is 1. The van der Waals surface area contributed by atoms with Crippen LogP contribution in [0.4, 0.5) is 9.59 Å². The number of nitrogens with one attached hydrogen (secondary N) is 1. The number of aromatic nitrogens is 5. The van der Waals surface area contributed by atoms with Crippen LogP contribution < -0.4 is 10.9 Å². The fourth-order valence-electron chi connectivity index (χ4n) is 4.64. The van der Waals surface area contributed by atoms with Crippen molar-refractivity contribution < 1.29 is 33.3 Å². The summed E-state index contributed by atoms with van der Waals surface area (Å²) in [4.78, 5) is 59.7. The van der Waals surface area contributed by atoms with Crippen molar-refractivity contribution in [2.75, 3.05) is 14.2 Å². The number of esters is 1. The maximum atomic E-state index is 14.0. The Balaban J connectivity index is 1.68. The van der Waals surface area contributed by atoms with Crippen LogP contribution in [0.25, 0.3) is 16.9 Å². The van der Waals surface area contributed by atoms with E-state index in [2.05, 4.69) is 20.0 Å². The van der Waals surface area contributed by atoms with Gasteiger partial charge in [0.15, 0.2) is 29.4 Å². The molecule has 5 rings (SSSR count). The lowest BCUT2D eigenvalue weighted by Crippen LogP contribution is -2.51. The van der Waals surface area contributed by atoms with Crippen LogP contribution in [0.3, 0.4) is 0 Å². The number of rotatable bonds is 6. The van der Waals surface area contributed by atoms with Crippen LogP contribution >= 0.6 is 0 Å². The topological polar surface area (TPSA) is 157 Å². The minimum absolute atomic E-state index is 0.173. The number of cyclic esters (lactones) is 2. The molecule has 4 heterocycles. The molecular formula is C24H24N6O8. The molecule has 0 bridgehead atoms. The molecule has 1 saturated heterocycles. The number of benzene rings is 1. The normalized spacial score (nSPS) is 17.7. The van der Waals surface area contributed by atoms with E-state index in [9.17, 15) is 19.2 Å². The zero-order chi connectivity index (χ0) is 27.1. The van der Waals surface area contributed by atoms with Crippen LogP contribution in [0.1, 0.15) is 23.1 Å². The summed E-state index contributed by atoms with van der Waals surface area (Å²) in [6.45, 7) is 2.01. The number of amides is 1. The fraction of sp³-hybridized carbons (Fsp3) is 0.333. The van der Waals surface area contributed by atoms with Gasteiger partial charge in [-0.3, -0.25) is 9.36 Å². The molecule has 3 atom stereocenters. The van der Waals surface area contributed by atoms with E-state index in [4.69, 9.17) is 14.2 Å². The molecule has 1 aromatic carbocycles. The summed E-state index contributed by atoms with van der Waals surface area (Å²) in [5, 5.41) is 2.31. The molecule has 1 aliphatic heterocycles. The summed E-state index contributed by atoms with van der Waals surface area (Å²) >= 11 is 0. The number of nitrogens with zero attached hydrogens (tertiary/aromatic N) is 5. The van der Waals surface area contributed by atoms with Crippen LogP contribution in [0.2, 0.25) is 0 Å². The Kier molecular flexibility index (Phi) is 6.22. The summed E-state index contributed by atoms with van der Waals surface area (Å²) in [5.74, 6) is -0.677. The molecule has 38 heavy (non-hydrogen) atoms. The number of aryl methyl sites for hydroxylation is 2. The summed E-state index contributed by atoms with van der Waals surface area (Å²) in [7, 11) is 3.93. The number of carbonyl (C=O) groups is 3. The van der Waals surface area contributed by atoms with E-state index < -0.39 is 42.0 Å². The first kappa shape index (κ1) is 24.8. The molecule has 0 unspecified atom stereocenters. The van der Waals surface area contributed by atoms with E-state index in [1.54, 1.807) is 29.4 Å². The number of fused-ring (bicyclic) bond motifs is 2. The van der Waals surface area contributed by atoms with Gasteiger partial charge in [0, 0.05) is 13.6 Å². The molecule has 0 spiro atoms. The van der Waals surface area contributed by atoms with E-state index in [-0.39, 0.29) is 11.5 Å². The number of carbonyl (C=O) groups excluding carboxylic acids is 3. The van der Waals surface area contributed by atoms with Gasteiger partial charge in [-0.15, -0.1) is 0 Å². The molecule has 4 aromatic rings. The average Bonchev–Trinajstić information content (AvgIpc) is 3.60.